The molecule has 3 aromatic rings. The molecule has 0 aliphatic carbocycles. The van der Waals surface area contributed by atoms with Gasteiger partial charge in [-0.3, -0.25) is 9.89 Å². The SMILES string of the molecule is COc1ccc(C(=O)N[C@H]2CCN(c3cc(-c4cccs4)[nH]n3)C2)c(C)c1. The Morgan fingerprint density at radius 3 is 3.00 bits per heavy atom. The summed E-state index contributed by atoms with van der Waals surface area (Å²) in [4.78, 5) is 16.0. The quantitative estimate of drug-likeness (QED) is 0.709. The molecular weight excluding hydrogens is 360 g/mol. The Balaban J connectivity index is 1.39. The summed E-state index contributed by atoms with van der Waals surface area (Å²) < 4.78 is 5.21. The summed E-state index contributed by atoms with van der Waals surface area (Å²) in [5.41, 5.74) is 2.63. The molecule has 1 amide bonds. The fourth-order valence-corrected chi connectivity index (χ4v) is 4.09. The van der Waals surface area contributed by atoms with Crippen LogP contribution in [0.3, 0.4) is 0 Å². The normalized spacial score (nSPS) is 16.5. The number of anilines is 1. The molecule has 0 spiro atoms. The number of hydrogen-bond acceptors (Lipinski definition) is 5. The average molecular weight is 382 g/mol. The molecule has 3 heterocycles. The second-order valence-electron chi connectivity index (χ2n) is 6.70. The minimum atomic E-state index is -0.0386. The van der Waals surface area contributed by atoms with Crippen molar-refractivity contribution in [3.8, 4) is 16.3 Å². The second kappa shape index (κ2) is 7.44. The Morgan fingerprint density at radius 1 is 1.37 bits per heavy atom. The number of carbonyl (C=O) groups is 1. The highest BCUT2D eigenvalue weighted by Crippen LogP contribution is 2.27. The summed E-state index contributed by atoms with van der Waals surface area (Å²) in [6.07, 6.45) is 0.905. The van der Waals surface area contributed by atoms with E-state index in [0.717, 1.165) is 42.3 Å². The van der Waals surface area contributed by atoms with Gasteiger partial charge in [0.25, 0.3) is 5.91 Å². The first-order valence-electron chi connectivity index (χ1n) is 8.94. The zero-order chi connectivity index (χ0) is 18.8. The molecule has 6 nitrogen and oxygen atoms in total. The highest BCUT2D eigenvalue weighted by Gasteiger charge is 2.26. The number of aromatic amines is 1. The minimum absolute atomic E-state index is 0.0386. The molecule has 0 unspecified atom stereocenters. The molecule has 4 rings (SSSR count). The number of aromatic nitrogens is 2. The van der Waals surface area contributed by atoms with Gasteiger partial charge in [-0.2, -0.15) is 5.10 Å². The van der Waals surface area contributed by atoms with Gasteiger partial charge in [0.1, 0.15) is 5.75 Å². The topological polar surface area (TPSA) is 70.2 Å². The van der Waals surface area contributed by atoms with E-state index in [-0.39, 0.29) is 11.9 Å². The van der Waals surface area contributed by atoms with E-state index in [1.807, 2.05) is 31.2 Å². The van der Waals surface area contributed by atoms with Gasteiger partial charge in [0.05, 0.1) is 17.7 Å². The average Bonchev–Trinajstić information content (AvgIpc) is 3.41. The number of benzene rings is 1. The number of aryl methyl sites for hydroxylation is 1. The molecule has 0 saturated carbocycles. The van der Waals surface area contributed by atoms with Crippen molar-refractivity contribution in [2.24, 2.45) is 0 Å². The zero-order valence-electron chi connectivity index (χ0n) is 15.4. The van der Waals surface area contributed by atoms with E-state index in [4.69, 9.17) is 4.74 Å². The van der Waals surface area contributed by atoms with Gasteiger partial charge in [-0.1, -0.05) is 6.07 Å². The number of ether oxygens (including phenoxy) is 1. The molecule has 2 aromatic heterocycles. The van der Waals surface area contributed by atoms with Gasteiger partial charge in [0.15, 0.2) is 5.82 Å². The molecule has 1 fully saturated rings. The van der Waals surface area contributed by atoms with Crippen molar-refractivity contribution in [1.82, 2.24) is 15.5 Å². The lowest BCUT2D eigenvalue weighted by atomic mass is 10.1. The number of thiophene rings is 1. The largest absolute Gasteiger partial charge is 0.497 e. The highest BCUT2D eigenvalue weighted by molar-refractivity contribution is 7.13. The van der Waals surface area contributed by atoms with Crippen LogP contribution in [0.1, 0.15) is 22.3 Å². The number of nitrogens with one attached hydrogen (secondary N) is 2. The summed E-state index contributed by atoms with van der Waals surface area (Å²) in [7, 11) is 1.63. The molecule has 1 saturated heterocycles. The van der Waals surface area contributed by atoms with E-state index >= 15 is 0 Å². The first kappa shape index (κ1) is 17.6. The van der Waals surface area contributed by atoms with E-state index in [9.17, 15) is 4.79 Å². The Labute approximate surface area is 162 Å². The lowest BCUT2D eigenvalue weighted by Gasteiger charge is -2.16. The van der Waals surface area contributed by atoms with E-state index in [1.165, 1.54) is 4.88 Å². The minimum Gasteiger partial charge on any atom is -0.497 e. The third-order valence-electron chi connectivity index (χ3n) is 4.88. The van der Waals surface area contributed by atoms with Crippen LogP contribution in [0.4, 0.5) is 5.82 Å². The maximum atomic E-state index is 12.6. The third-order valence-corrected chi connectivity index (χ3v) is 5.78. The smallest absolute Gasteiger partial charge is 0.251 e. The van der Waals surface area contributed by atoms with Crippen molar-refractivity contribution in [2.45, 2.75) is 19.4 Å². The van der Waals surface area contributed by atoms with E-state index in [1.54, 1.807) is 18.4 Å². The van der Waals surface area contributed by atoms with E-state index < -0.39 is 0 Å². The van der Waals surface area contributed by atoms with Gasteiger partial charge in [0, 0.05) is 30.8 Å². The molecule has 27 heavy (non-hydrogen) atoms. The van der Waals surface area contributed by atoms with Crippen molar-refractivity contribution in [2.75, 3.05) is 25.1 Å². The first-order chi connectivity index (χ1) is 13.1. The van der Waals surface area contributed by atoms with Gasteiger partial charge in [-0.05, 0) is 48.6 Å². The van der Waals surface area contributed by atoms with Crippen LogP contribution in [-0.2, 0) is 0 Å². The Morgan fingerprint density at radius 2 is 2.26 bits per heavy atom. The fraction of sp³-hybridized carbons (Fsp3) is 0.300. The molecule has 2 N–H and O–H groups in total. The predicted octanol–water partition coefficient (Wildman–Crippen LogP) is 3.46. The van der Waals surface area contributed by atoms with Crippen LogP contribution < -0.4 is 15.0 Å². The molecule has 1 aliphatic heterocycles. The summed E-state index contributed by atoms with van der Waals surface area (Å²) in [6.45, 7) is 3.56. The first-order valence-corrected chi connectivity index (χ1v) is 9.82. The standard InChI is InChI=1S/C20H22N4O2S/c1-13-10-15(26-2)5-6-16(13)20(25)21-14-7-8-24(12-14)19-11-17(22-23-19)18-4-3-9-27-18/h3-6,9-11,14H,7-8,12H2,1-2H3,(H,21,25)(H,22,23)/t14-/m0/s1. The summed E-state index contributed by atoms with van der Waals surface area (Å²) >= 11 is 1.69. The number of nitrogens with zero attached hydrogens (tertiary/aromatic N) is 2. The van der Waals surface area contributed by atoms with Crippen molar-refractivity contribution < 1.29 is 9.53 Å². The van der Waals surface area contributed by atoms with Gasteiger partial charge in [-0.15, -0.1) is 11.3 Å². The van der Waals surface area contributed by atoms with Crippen LogP contribution in [0.2, 0.25) is 0 Å². The Bertz CT molecular complexity index is 935. The van der Waals surface area contributed by atoms with Crippen LogP contribution >= 0.6 is 11.3 Å². The lowest BCUT2D eigenvalue weighted by molar-refractivity contribution is 0.0939. The van der Waals surface area contributed by atoms with Crippen LogP contribution in [-0.4, -0.2) is 42.3 Å². The monoisotopic (exact) mass is 382 g/mol. The highest BCUT2D eigenvalue weighted by atomic mass is 32.1. The third kappa shape index (κ3) is 3.68. The summed E-state index contributed by atoms with van der Waals surface area (Å²) in [5, 5.41) is 12.7. The fourth-order valence-electron chi connectivity index (χ4n) is 3.40. The molecule has 1 aliphatic rings. The number of methoxy groups -OCH3 is 1. The van der Waals surface area contributed by atoms with Gasteiger partial charge in [0.2, 0.25) is 0 Å². The number of amides is 1. The Hall–Kier alpha value is -2.80. The molecular formula is C20H22N4O2S. The van der Waals surface area contributed by atoms with Crippen molar-refractivity contribution in [3.05, 3.63) is 52.9 Å². The van der Waals surface area contributed by atoms with E-state index in [2.05, 4.69) is 37.9 Å². The molecule has 0 bridgehead atoms. The number of rotatable bonds is 5. The predicted molar refractivity (Wildman–Crippen MR) is 108 cm³/mol. The van der Waals surface area contributed by atoms with Gasteiger partial charge in [-0.25, -0.2) is 0 Å². The number of H-pyrrole nitrogens is 1. The van der Waals surface area contributed by atoms with Crippen LogP contribution in [0.15, 0.2) is 41.8 Å². The molecule has 0 radical (unpaired) electrons. The van der Waals surface area contributed by atoms with Gasteiger partial charge >= 0.3 is 0 Å². The summed E-state index contributed by atoms with van der Waals surface area (Å²) in [6, 6.07) is 11.8. The zero-order valence-corrected chi connectivity index (χ0v) is 16.2. The molecule has 7 heteroatoms. The molecule has 140 valence electrons. The Kier molecular flexibility index (Phi) is 4.85. The van der Waals surface area contributed by atoms with Crippen molar-refractivity contribution >= 4 is 23.1 Å². The summed E-state index contributed by atoms with van der Waals surface area (Å²) in [5.74, 6) is 1.65. The van der Waals surface area contributed by atoms with Crippen LogP contribution in [0.25, 0.3) is 10.6 Å². The van der Waals surface area contributed by atoms with E-state index in [0.29, 0.717) is 5.56 Å². The van der Waals surface area contributed by atoms with Crippen LogP contribution in [0.5, 0.6) is 5.75 Å². The maximum absolute atomic E-state index is 12.6. The number of carbonyl (C=O) groups excluding carboxylic acids is 1. The van der Waals surface area contributed by atoms with Crippen molar-refractivity contribution in [1.29, 1.82) is 0 Å². The second-order valence-corrected chi connectivity index (χ2v) is 7.65. The molecule has 1 atom stereocenters. The number of hydrogen-bond donors (Lipinski definition) is 2. The van der Waals surface area contributed by atoms with Crippen LogP contribution in [0, 0.1) is 6.92 Å². The molecule has 1 aromatic carbocycles. The van der Waals surface area contributed by atoms with Crippen molar-refractivity contribution in [3.63, 3.8) is 0 Å². The maximum Gasteiger partial charge on any atom is 0.251 e. The van der Waals surface area contributed by atoms with Gasteiger partial charge < -0.3 is 15.0 Å². The lowest BCUT2D eigenvalue weighted by Crippen LogP contribution is -2.37.